The maximum absolute atomic E-state index is 11.3. The standard InChI is InChI=1S/C15H23NO3S/c1-10-6-5-7-15(8-10,19-4)12-16-11(9-20-12)14(2,3)13(17)18/h9-10H,5-8H2,1-4H3,(H,17,18). The third-order valence-corrected chi connectivity index (χ3v) is 5.44. The van der Waals surface area contributed by atoms with E-state index in [1.165, 1.54) is 17.8 Å². The highest BCUT2D eigenvalue weighted by Crippen LogP contribution is 2.44. The van der Waals surface area contributed by atoms with Gasteiger partial charge in [-0.05, 0) is 39.0 Å². The quantitative estimate of drug-likeness (QED) is 0.923. The zero-order valence-corrected chi connectivity index (χ0v) is 13.4. The van der Waals surface area contributed by atoms with Gasteiger partial charge in [0, 0.05) is 12.5 Å². The SMILES string of the molecule is COC1(c2nc(C(C)(C)C(=O)O)cs2)CCCC(C)C1. The van der Waals surface area contributed by atoms with E-state index in [-0.39, 0.29) is 5.60 Å². The highest BCUT2D eigenvalue weighted by molar-refractivity contribution is 7.09. The summed E-state index contributed by atoms with van der Waals surface area (Å²) in [5, 5.41) is 12.1. The van der Waals surface area contributed by atoms with E-state index in [0.717, 1.165) is 24.3 Å². The van der Waals surface area contributed by atoms with E-state index in [4.69, 9.17) is 4.74 Å². The molecule has 1 aliphatic carbocycles. The van der Waals surface area contributed by atoms with Gasteiger partial charge in [0.1, 0.15) is 16.0 Å². The van der Waals surface area contributed by atoms with Gasteiger partial charge in [-0.15, -0.1) is 11.3 Å². The van der Waals surface area contributed by atoms with Gasteiger partial charge in [0.05, 0.1) is 5.69 Å². The highest BCUT2D eigenvalue weighted by Gasteiger charge is 2.41. The van der Waals surface area contributed by atoms with E-state index < -0.39 is 11.4 Å². The van der Waals surface area contributed by atoms with Crippen LogP contribution in [0.5, 0.6) is 0 Å². The number of methoxy groups -OCH3 is 1. The molecule has 112 valence electrons. The number of carboxylic acids is 1. The second kappa shape index (κ2) is 5.45. The van der Waals surface area contributed by atoms with E-state index in [2.05, 4.69) is 11.9 Å². The van der Waals surface area contributed by atoms with Crippen molar-refractivity contribution in [2.45, 2.75) is 57.5 Å². The van der Waals surface area contributed by atoms with Crippen molar-refractivity contribution < 1.29 is 14.6 Å². The molecule has 4 nitrogen and oxygen atoms in total. The molecule has 1 aromatic rings. The maximum atomic E-state index is 11.3. The second-order valence-corrected chi connectivity index (χ2v) is 7.23. The first-order valence-corrected chi connectivity index (χ1v) is 7.95. The number of nitrogens with zero attached hydrogens (tertiary/aromatic N) is 1. The Labute approximate surface area is 124 Å². The molecule has 0 aliphatic heterocycles. The molecule has 1 aliphatic rings. The predicted octanol–water partition coefficient (Wildman–Crippen LogP) is 3.56. The summed E-state index contributed by atoms with van der Waals surface area (Å²) in [7, 11) is 1.74. The van der Waals surface area contributed by atoms with Crippen LogP contribution in [0.15, 0.2) is 5.38 Å². The Hall–Kier alpha value is -0.940. The molecule has 5 heteroatoms. The van der Waals surface area contributed by atoms with Crippen molar-refractivity contribution in [2.75, 3.05) is 7.11 Å². The fourth-order valence-electron chi connectivity index (χ4n) is 2.85. The summed E-state index contributed by atoms with van der Waals surface area (Å²) in [6, 6.07) is 0. The van der Waals surface area contributed by atoms with Gasteiger partial charge in [0.2, 0.25) is 0 Å². The summed E-state index contributed by atoms with van der Waals surface area (Å²) in [4.78, 5) is 16.0. The van der Waals surface area contributed by atoms with Crippen molar-refractivity contribution in [2.24, 2.45) is 5.92 Å². The average molecular weight is 297 g/mol. The molecule has 1 saturated carbocycles. The first kappa shape index (κ1) is 15.4. The van der Waals surface area contributed by atoms with E-state index in [1.807, 2.05) is 5.38 Å². The van der Waals surface area contributed by atoms with Crippen LogP contribution in [0.25, 0.3) is 0 Å². The summed E-state index contributed by atoms with van der Waals surface area (Å²) < 4.78 is 5.82. The predicted molar refractivity (Wildman–Crippen MR) is 79.1 cm³/mol. The minimum absolute atomic E-state index is 0.324. The number of aromatic nitrogens is 1. The fraction of sp³-hybridized carbons (Fsp3) is 0.733. The molecule has 0 radical (unpaired) electrons. The molecule has 2 unspecified atom stereocenters. The zero-order valence-electron chi connectivity index (χ0n) is 12.6. The minimum atomic E-state index is -0.954. The van der Waals surface area contributed by atoms with Crippen molar-refractivity contribution in [3.8, 4) is 0 Å². The number of thiazole rings is 1. The van der Waals surface area contributed by atoms with Gasteiger partial charge in [0.25, 0.3) is 0 Å². The average Bonchev–Trinajstić information content (AvgIpc) is 2.89. The van der Waals surface area contributed by atoms with Gasteiger partial charge >= 0.3 is 5.97 Å². The lowest BCUT2D eigenvalue weighted by Crippen LogP contribution is -2.35. The van der Waals surface area contributed by atoms with E-state index in [1.54, 1.807) is 21.0 Å². The molecule has 0 spiro atoms. The lowest BCUT2D eigenvalue weighted by molar-refractivity contribution is -0.142. The molecule has 2 rings (SSSR count). The third kappa shape index (κ3) is 2.61. The smallest absolute Gasteiger partial charge is 0.315 e. The number of hydrogen-bond donors (Lipinski definition) is 1. The van der Waals surface area contributed by atoms with Gasteiger partial charge < -0.3 is 9.84 Å². The van der Waals surface area contributed by atoms with Crippen molar-refractivity contribution in [1.82, 2.24) is 4.98 Å². The summed E-state index contributed by atoms with van der Waals surface area (Å²) in [5.41, 5.74) is -0.654. The van der Waals surface area contributed by atoms with Crippen molar-refractivity contribution in [3.05, 3.63) is 16.1 Å². The van der Waals surface area contributed by atoms with Crippen LogP contribution in [0.4, 0.5) is 0 Å². The van der Waals surface area contributed by atoms with Crippen LogP contribution in [0, 0.1) is 5.92 Å². The van der Waals surface area contributed by atoms with E-state index >= 15 is 0 Å². The first-order chi connectivity index (χ1) is 9.32. The fourth-order valence-corrected chi connectivity index (χ4v) is 4.05. The largest absolute Gasteiger partial charge is 0.481 e. The van der Waals surface area contributed by atoms with Gasteiger partial charge in [-0.1, -0.05) is 13.3 Å². The third-order valence-electron chi connectivity index (χ3n) is 4.42. The molecule has 0 amide bonds. The zero-order chi connectivity index (χ0) is 15.0. The monoisotopic (exact) mass is 297 g/mol. The lowest BCUT2D eigenvalue weighted by atomic mass is 9.79. The Morgan fingerprint density at radius 1 is 1.60 bits per heavy atom. The number of aliphatic carboxylic acids is 1. The van der Waals surface area contributed by atoms with Crippen LogP contribution in [0.3, 0.4) is 0 Å². The Morgan fingerprint density at radius 2 is 2.30 bits per heavy atom. The molecule has 0 aromatic carbocycles. The van der Waals surface area contributed by atoms with Crippen LogP contribution >= 0.6 is 11.3 Å². The van der Waals surface area contributed by atoms with E-state index in [0.29, 0.717) is 11.6 Å². The molecule has 1 heterocycles. The number of carbonyl (C=O) groups is 1. The Morgan fingerprint density at radius 3 is 2.85 bits per heavy atom. The van der Waals surface area contributed by atoms with E-state index in [9.17, 15) is 9.90 Å². The normalized spacial score (nSPS) is 27.5. The van der Waals surface area contributed by atoms with Crippen molar-refractivity contribution in [1.29, 1.82) is 0 Å². The molecule has 2 atom stereocenters. The second-order valence-electron chi connectivity index (χ2n) is 6.37. The number of rotatable bonds is 4. The summed E-state index contributed by atoms with van der Waals surface area (Å²) in [5.74, 6) is -0.235. The summed E-state index contributed by atoms with van der Waals surface area (Å²) >= 11 is 1.53. The van der Waals surface area contributed by atoms with Crippen LogP contribution in [-0.2, 0) is 20.5 Å². The van der Waals surface area contributed by atoms with Gasteiger partial charge in [-0.2, -0.15) is 0 Å². The summed E-state index contributed by atoms with van der Waals surface area (Å²) in [6.07, 6.45) is 4.29. The lowest BCUT2D eigenvalue weighted by Gasteiger charge is -2.37. The van der Waals surface area contributed by atoms with Crippen LogP contribution < -0.4 is 0 Å². The molecule has 1 fully saturated rings. The van der Waals surface area contributed by atoms with Crippen LogP contribution in [0.2, 0.25) is 0 Å². The summed E-state index contributed by atoms with van der Waals surface area (Å²) in [6.45, 7) is 5.62. The minimum Gasteiger partial charge on any atom is -0.481 e. The van der Waals surface area contributed by atoms with Crippen molar-refractivity contribution >= 4 is 17.3 Å². The number of hydrogen-bond acceptors (Lipinski definition) is 4. The molecule has 0 saturated heterocycles. The van der Waals surface area contributed by atoms with Crippen molar-refractivity contribution in [3.63, 3.8) is 0 Å². The molecular weight excluding hydrogens is 274 g/mol. The Bertz CT molecular complexity index is 497. The first-order valence-electron chi connectivity index (χ1n) is 7.07. The molecular formula is C15H23NO3S. The Kier molecular flexibility index (Phi) is 4.21. The molecule has 1 aromatic heterocycles. The van der Waals surface area contributed by atoms with Gasteiger partial charge in [-0.3, -0.25) is 4.79 Å². The maximum Gasteiger partial charge on any atom is 0.315 e. The molecule has 20 heavy (non-hydrogen) atoms. The number of ether oxygens (including phenoxy) is 1. The highest BCUT2D eigenvalue weighted by atomic mass is 32.1. The van der Waals surface area contributed by atoms with Crippen LogP contribution in [0.1, 0.15) is 57.2 Å². The van der Waals surface area contributed by atoms with Gasteiger partial charge in [0.15, 0.2) is 0 Å². The van der Waals surface area contributed by atoms with Crippen LogP contribution in [-0.4, -0.2) is 23.2 Å². The topological polar surface area (TPSA) is 59.4 Å². The van der Waals surface area contributed by atoms with Gasteiger partial charge in [-0.25, -0.2) is 4.98 Å². The Balaban J connectivity index is 2.33. The molecule has 1 N–H and O–H groups in total. The molecule has 0 bridgehead atoms. The number of carboxylic acid groups (broad SMARTS) is 1.